The lowest BCUT2D eigenvalue weighted by Crippen LogP contribution is -2.36. The van der Waals surface area contributed by atoms with Crippen LogP contribution < -0.4 is 10.6 Å². The van der Waals surface area contributed by atoms with E-state index in [0.29, 0.717) is 0 Å². The Morgan fingerprint density at radius 3 is 2.06 bits per heavy atom. The second kappa shape index (κ2) is 10.8. The summed E-state index contributed by atoms with van der Waals surface area (Å²) in [5, 5.41) is 5.89. The largest absolute Gasteiger partial charge is 0.325 e. The highest BCUT2D eigenvalue weighted by atomic mass is 32.2. The number of carbonyl (C=O) groups excluding carboxylic acids is 2. The van der Waals surface area contributed by atoms with Crippen molar-refractivity contribution < 1.29 is 9.59 Å². The number of hydrogen-bond donors (Lipinski definition) is 2. The highest BCUT2D eigenvalue weighted by molar-refractivity contribution is 7.99. The number of nitrogens with zero attached hydrogens (tertiary/aromatic N) is 1. The normalized spacial score (nSPS) is 10.7. The van der Waals surface area contributed by atoms with Crippen LogP contribution >= 0.6 is 11.8 Å². The highest BCUT2D eigenvalue weighted by Gasteiger charge is 2.14. The van der Waals surface area contributed by atoms with E-state index in [1.165, 1.54) is 0 Å². The van der Waals surface area contributed by atoms with Gasteiger partial charge in [0.25, 0.3) is 0 Å². The van der Waals surface area contributed by atoms with Gasteiger partial charge in [-0.15, -0.1) is 0 Å². The molecule has 0 spiro atoms. The molecule has 0 unspecified atom stereocenters. The Balaban J connectivity index is 1.55. The van der Waals surface area contributed by atoms with Gasteiger partial charge in [-0.2, -0.15) is 0 Å². The summed E-state index contributed by atoms with van der Waals surface area (Å²) >= 11 is 1.60. The molecule has 3 aromatic carbocycles. The first kappa shape index (κ1) is 22.6. The molecule has 3 aromatic rings. The van der Waals surface area contributed by atoms with Crippen molar-refractivity contribution in [2.45, 2.75) is 23.6 Å². The second-order valence-corrected chi connectivity index (χ2v) is 8.54. The molecule has 2 amide bonds. The topological polar surface area (TPSA) is 61.4 Å². The minimum atomic E-state index is -0.164. The lowest BCUT2D eigenvalue weighted by atomic mass is 10.1. The number of aryl methyl sites for hydroxylation is 1. The third-order valence-electron chi connectivity index (χ3n) is 4.84. The van der Waals surface area contributed by atoms with Crippen molar-refractivity contribution in [1.29, 1.82) is 0 Å². The smallest absolute Gasteiger partial charge is 0.238 e. The molecule has 0 bridgehead atoms. The van der Waals surface area contributed by atoms with Gasteiger partial charge in [0.1, 0.15) is 0 Å². The van der Waals surface area contributed by atoms with Crippen LogP contribution in [0.3, 0.4) is 0 Å². The van der Waals surface area contributed by atoms with Crippen molar-refractivity contribution in [3.05, 3.63) is 83.9 Å². The number of benzene rings is 3. The summed E-state index contributed by atoms with van der Waals surface area (Å²) in [5.74, 6) is -0.313. The zero-order valence-electron chi connectivity index (χ0n) is 18.0. The first-order chi connectivity index (χ1) is 14.9. The Morgan fingerprint density at radius 2 is 1.35 bits per heavy atom. The van der Waals surface area contributed by atoms with Crippen LogP contribution in [-0.2, 0) is 9.59 Å². The second-order valence-electron chi connectivity index (χ2n) is 7.43. The first-order valence-corrected chi connectivity index (χ1v) is 10.9. The van der Waals surface area contributed by atoms with Crippen LogP contribution in [0.1, 0.15) is 11.1 Å². The maximum Gasteiger partial charge on any atom is 0.238 e. The van der Waals surface area contributed by atoms with Gasteiger partial charge in [0.2, 0.25) is 11.8 Å². The molecule has 0 aliphatic rings. The summed E-state index contributed by atoms with van der Waals surface area (Å²) < 4.78 is 0. The molecule has 0 saturated heterocycles. The van der Waals surface area contributed by atoms with Crippen LogP contribution in [-0.4, -0.2) is 36.9 Å². The van der Waals surface area contributed by atoms with Gasteiger partial charge in [-0.3, -0.25) is 14.5 Å². The van der Waals surface area contributed by atoms with E-state index in [1.54, 1.807) is 23.7 Å². The molecule has 6 heteroatoms. The molecule has 31 heavy (non-hydrogen) atoms. The molecule has 3 rings (SSSR count). The van der Waals surface area contributed by atoms with E-state index in [1.807, 2.05) is 86.6 Å². The van der Waals surface area contributed by atoms with Crippen molar-refractivity contribution in [2.24, 2.45) is 0 Å². The maximum absolute atomic E-state index is 12.6. The fourth-order valence-electron chi connectivity index (χ4n) is 3.09. The zero-order chi connectivity index (χ0) is 22.2. The van der Waals surface area contributed by atoms with Crippen molar-refractivity contribution >= 4 is 35.0 Å². The van der Waals surface area contributed by atoms with E-state index >= 15 is 0 Å². The third kappa shape index (κ3) is 6.70. The van der Waals surface area contributed by atoms with Crippen molar-refractivity contribution in [3.8, 4) is 0 Å². The Hall–Kier alpha value is -3.09. The Bertz CT molecular complexity index is 1050. The van der Waals surface area contributed by atoms with E-state index in [0.717, 1.165) is 32.3 Å². The van der Waals surface area contributed by atoms with Crippen molar-refractivity contribution in [2.75, 3.05) is 30.8 Å². The molecule has 0 aliphatic carbocycles. The number of amides is 2. The molecule has 0 saturated carbocycles. The molecule has 0 aliphatic heterocycles. The van der Waals surface area contributed by atoms with Crippen LogP contribution in [0.2, 0.25) is 0 Å². The number of rotatable bonds is 8. The molecule has 160 valence electrons. The van der Waals surface area contributed by atoms with Crippen molar-refractivity contribution in [3.63, 3.8) is 0 Å². The summed E-state index contributed by atoms with van der Waals surface area (Å²) in [5.41, 5.74) is 3.73. The van der Waals surface area contributed by atoms with E-state index < -0.39 is 0 Å². The predicted molar refractivity (Wildman–Crippen MR) is 128 cm³/mol. The molecule has 0 atom stereocenters. The van der Waals surface area contributed by atoms with Gasteiger partial charge in [-0.25, -0.2) is 0 Å². The number of likely N-dealkylation sites (N-methyl/N-ethyl adjacent to an activating group) is 1. The van der Waals surface area contributed by atoms with E-state index in [9.17, 15) is 9.59 Å². The molecule has 0 aromatic heterocycles. The van der Waals surface area contributed by atoms with Gasteiger partial charge in [0.15, 0.2) is 0 Å². The maximum atomic E-state index is 12.6. The molecule has 2 N–H and O–H groups in total. The van der Waals surface area contributed by atoms with E-state index in [-0.39, 0.29) is 24.9 Å². The van der Waals surface area contributed by atoms with Gasteiger partial charge in [0.05, 0.1) is 18.8 Å². The number of nitrogens with one attached hydrogen (secondary N) is 2. The summed E-state index contributed by atoms with van der Waals surface area (Å²) in [4.78, 5) is 28.7. The number of anilines is 2. The zero-order valence-corrected chi connectivity index (χ0v) is 18.8. The fraction of sp³-hybridized carbons (Fsp3) is 0.200. The van der Waals surface area contributed by atoms with Gasteiger partial charge in [-0.1, -0.05) is 54.2 Å². The Kier molecular flexibility index (Phi) is 7.87. The molecule has 0 radical (unpaired) electrons. The van der Waals surface area contributed by atoms with Crippen LogP contribution in [0, 0.1) is 13.8 Å². The number of hydrogen-bond acceptors (Lipinski definition) is 4. The van der Waals surface area contributed by atoms with Crippen molar-refractivity contribution in [1.82, 2.24) is 4.90 Å². The molecule has 5 nitrogen and oxygen atoms in total. The standard InChI is InChI=1S/C25H27N3O2S/c1-18-10-9-14-21(19(18)2)26-24(29)16-28(3)17-25(30)27-22-13-7-8-15-23(22)31-20-11-5-4-6-12-20/h4-15H,16-17H2,1-3H3,(H,26,29)(H,27,30). The van der Waals surface area contributed by atoms with Gasteiger partial charge < -0.3 is 10.6 Å². The Morgan fingerprint density at radius 1 is 0.774 bits per heavy atom. The quantitative estimate of drug-likeness (QED) is 0.527. The molecular weight excluding hydrogens is 406 g/mol. The number of para-hydroxylation sites is 1. The summed E-state index contributed by atoms with van der Waals surface area (Å²) in [7, 11) is 1.76. The average Bonchev–Trinajstić information content (AvgIpc) is 2.73. The average molecular weight is 434 g/mol. The SMILES string of the molecule is Cc1cccc(NC(=O)CN(C)CC(=O)Nc2ccccc2Sc2ccccc2)c1C. The molecular formula is C25H27N3O2S. The predicted octanol–water partition coefficient (Wildman–Crippen LogP) is 4.96. The van der Waals surface area contributed by atoms with Crippen LogP contribution in [0.25, 0.3) is 0 Å². The minimum absolute atomic E-state index is 0.116. The monoisotopic (exact) mass is 433 g/mol. The first-order valence-electron chi connectivity index (χ1n) is 10.1. The lowest BCUT2D eigenvalue weighted by molar-refractivity contribution is -0.119. The number of carbonyl (C=O) groups is 2. The van der Waals surface area contributed by atoms with Gasteiger partial charge in [-0.05, 0) is 62.4 Å². The summed E-state index contributed by atoms with van der Waals surface area (Å²) in [6.07, 6.45) is 0. The molecule has 0 fully saturated rings. The van der Waals surface area contributed by atoms with Crippen LogP contribution in [0.15, 0.2) is 82.6 Å². The summed E-state index contributed by atoms with van der Waals surface area (Å²) in [6, 6.07) is 23.5. The van der Waals surface area contributed by atoms with Gasteiger partial charge >= 0.3 is 0 Å². The van der Waals surface area contributed by atoms with Crippen LogP contribution in [0.4, 0.5) is 11.4 Å². The minimum Gasteiger partial charge on any atom is -0.325 e. The highest BCUT2D eigenvalue weighted by Crippen LogP contribution is 2.33. The van der Waals surface area contributed by atoms with Gasteiger partial charge in [0, 0.05) is 15.5 Å². The lowest BCUT2D eigenvalue weighted by Gasteiger charge is -2.18. The molecule has 0 heterocycles. The van der Waals surface area contributed by atoms with E-state index in [2.05, 4.69) is 10.6 Å². The third-order valence-corrected chi connectivity index (χ3v) is 5.92. The Labute approximate surface area is 187 Å². The van der Waals surface area contributed by atoms with Crippen LogP contribution in [0.5, 0.6) is 0 Å². The summed E-state index contributed by atoms with van der Waals surface area (Å²) in [6.45, 7) is 4.23. The van der Waals surface area contributed by atoms with E-state index in [4.69, 9.17) is 0 Å². The fourth-order valence-corrected chi connectivity index (χ4v) is 4.01.